The second-order valence-electron chi connectivity index (χ2n) is 9.40. The van der Waals surface area contributed by atoms with Gasteiger partial charge in [0.15, 0.2) is 11.5 Å². The standard InChI is InChI=1S/C26H27N7O/c1-3-13-32-24(34)20-16-28-25(29-19-8-7-17-9-12-27-15-18(17)14-19)31-23(20)33(32)22-6-4-5-21(30-22)26(2)10-11-26/h3-8,14,16,27H,1,9-13,15H2,2H3,(H,28,29,31). The Hall–Kier alpha value is -3.78. The van der Waals surface area contributed by atoms with Gasteiger partial charge in [0.05, 0.1) is 6.54 Å². The zero-order valence-electron chi connectivity index (χ0n) is 19.2. The summed E-state index contributed by atoms with van der Waals surface area (Å²) in [6.45, 7) is 8.26. The van der Waals surface area contributed by atoms with Crippen LogP contribution in [0.25, 0.3) is 16.9 Å². The molecule has 1 aliphatic carbocycles. The Bertz CT molecular complexity index is 1480. The van der Waals surface area contributed by atoms with Crippen LogP contribution in [-0.2, 0) is 24.9 Å². The van der Waals surface area contributed by atoms with Gasteiger partial charge in [-0.15, -0.1) is 6.58 Å². The van der Waals surface area contributed by atoms with Crippen molar-refractivity contribution in [2.24, 2.45) is 0 Å². The van der Waals surface area contributed by atoms with Gasteiger partial charge in [-0.1, -0.05) is 25.1 Å². The predicted octanol–water partition coefficient (Wildman–Crippen LogP) is 3.60. The highest BCUT2D eigenvalue weighted by atomic mass is 16.1. The van der Waals surface area contributed by atoms with Crippen molar-refractivity contribution >= 4 is 22.7 Å². The highest BCUT2D eigenvalue weighted by molar-refractivity contribution is 5.77. The lowest BCUT2D eigenvalue weighted by Crippen LogP contribution is -2.23. The second kappa shape index (κ2) is 7.92. The number of rotatable bonds is 6. The Morgan fingerprint density at radius 1 is 1.21 bits per heavy atom. The molecule has 1 saturated carbocycles. The van der Waals surface area contributed by atoms with Crippen molar-refractivity contribution in [3.63, 3.8) is 0 Å². The van der Waals surface area contributed by atoms with Crippen LogP contribution < -0.4 is 16.2 Å². The lowest BCUT2D eigenvalue weighted by molar-refractivity contribution is 0.592. The monoisotopic (exact) mass is 453 g/mol. The van der Waals surface area contributed by atoms with E-state index in [1.54, 1.807) is 21.6 Å². The summed E-state index contributed by atoms with van der Waals surface area (Å²) in [5.41, 5.74) is 5.08. The van der Waals surface area contributed by atoms with Gasteiger partial charge in [-0.25, -0.2) is 19.3 Å². The molecule has 6 rings (SSSR count). The molecule has 1 fully saturated rings. The quantitative estimate of drug-likeness (QED) is 0.434. The summed E-state index contributed by atoms with van der Waals surface area (Å²) in [7, 11) is 0. The molecule has 2 aliphatic rings. The summed E-state index contributed by atoms with van der Waals surface area (Å²) in [6.07, 6.45) is 6.59. The van der Waals surface area contributed by atoms with Crippen molar-refractivity contribution in [1.29, 1.82) is 0 Å². The highest BCUT2D eigenvalue weighted by Gasteiger charge is 2.40. The number of anilines is 2. The maximum Gasteiger partial charge on any atom is 0.278 e. The van der Waals surface area contributed by atoms with Crippen LogP contribution in [0.3, 0.4) is 0 Å². The van der Waals surface area contributed by atoms with Crippen LogP contribution in [0.5, 0.6) is 0 Å². The molecule has 0 atom stereocenters. The minimum absolute atomic E-state index is 0.117. The van der Waals surface area contributed by atoms with Gasteiger partial charge in [0, 0.05) is 29.5 Å². The summed E-state index contributed by atoms with van der Waals surface area (Å²) in [4.78, 5) is 27.3. The van der Waals surface area contributed by atoms with Crippen molar-refractivity contribution in [2.75, 3.05) is 11.9 Å². The molecule has 0 unspecified atom stereocenters. The first-order valence-corrected chi connectivity index (χ1v) is 11.7. The SMILES string of the molecule is C=CCn1c(=O)c2cnc(Nc3ccc4c(c3)CNCC4)nc2n1-c1cccc(C2(C)CC2)n1. The van der Waals surface area contributed by atoms with Crippen LogP contribution in [0, 0.1) is 0 Å². The van der Waals surface area contributed by atoms with E-state index >= 15 is 0 Å². The van der Waals surface area contributed by atoms with E-state index in [2.05, 4.69) is 53.4 Å². The summed E-state index contributed by atoms with van der Waals surface area (Å²) in [5, 5.41) is 7.17. The second-order valence-corrected chi connectivity index (χ2v) is 9.40. The van der Waals surface area contributed by atoms with Crippen molar-refractivity contribution in [2.45, 2.75) is 44.7 Å². The number of pyridine rings is 1. The lowest BCUT2D eigenvalue weighted by atomic mass is 10.0. The smallest absolute Gasteiger partial charge is 0.278 e. The predicted molar refractivity (Wildman–Crippen MR) is 133 cm³/mol. The number of hydrogen-bond donors (Lipinski definition) is 2. The number of benzene rings is 1. The van der Waals surface area contributed by atoms with Crippen LogP contribution in [0.4, 0.5) is 11.6 Å². The van der Waals surface area contributed by atoms with E-state index in [1.807, 2.05) is 12.1 Å². The van der Waals surface area contributed by atoms with Gasteiger partial charge in [-0.05, 0) is 61.2 Å². The molecule has 0 radical (unpaired) electrons. The maximum atomic E-state index is 13.2. The summed E-state index contributed by atoms with van der Waals surface area (Å²) in [5.74, 6) is 1.11. The first-order chi connectivity index (χ1) is 16.6. The zero-order valence-corrected chi connectivity index (χ0v) is 19.2. The topological polar surface area (TPSA) is 89.7 Å². The van der Waals surface area contributed by atoms with E-state index in [4.69, 9.17) is 9.97 Å². The van der Waals surface area contributed by atoms with Crippen molar-refractivity contribution in [3.05, 3.63) is 82.4 Å². The number of aromatic nitrogens is 5. The zero-order chi connectivity index (χ0) is 23.3. The third-order valence-corrected chi connectivity index (χ3v) is 6.90. The molecular weight excluding hydrogens is 426 g/mol. The largest absolute Gasteiger partial charge is 0.324 e. The van der Waals surface area contributed by atoms with Crippen molar-refractivity contribution in [3.8, 4) is 5.82 Å². The van der Waals surface area contributed by atoms with Crippen LogP contribution >= 0.6 is 0 Å². The molecule has 3 aromatic heterocycles. The van der Waals surface area contributed by atoms with Gasteiger partial charge in [0.1, 0.15) is 5.39 Å². The van der Waals surface area contributed by atoms with Crippen LogP contribution in [0.1, 0.15) is 36.6 Å². The third-order valence-electron chi connectivity index (χ3n) is 6.90. The van der Waals surface area contributed by atoms with Gasteiger partial charge >= 0.3 is 0 Å². The van der Waals surface area contributed by atoms with E-state index in [1.165, 1.54) is 11.1 Å². The van der Waals surface area contributed by atoms with Gasteiger partial charge in [0.25, 0.3) is 5.56 Å². The summed E-state index contributed by atoms with van der Waals surface area (Å²) >= 11 is 0. The first-order valence-electron chi connectivity index (χ1n) is 11.7. The van der Waals surface area contributed by atoms with E-state index < -0.39 is 0 Å². The Morgan fingerprint density at radius 2 is 2.09 bits per heavy atom. The molecule has 0 spiro atoms. The highest BCUT2D eigenvalue weighted by Crippen LogP contribution is 2.46. The maximum absolute atomic E-state index is 13.2. The fourth-order valence-corrected chi connectivity index (χ4v) is 4.62. The molecule has 172 valence electrons. The van der Waals surface area contributed by atoms with Crippen LogP contribution in [-0.4, -0.2) is 30.9 Å². The Morgan fingerprint density at radius 3 is 2.91 bits per heavy atom. The Balaban J connectivity index is 1.45. The molecule has 8 heteroatoms. The number of hydrogen-bond acceptors (Lipinski definition) is 6. The van der Waals surface area contributed by atoms with E-state index in [0.717, 1.165) is 43.7 Å². The molecule has 4 heterocycles. The number of allylic oxidation sites excluding steroid dienone is 1. The van der Waals surface area contributed by atoms with Crippen LogP contribution in [0.2, 0.25) is 0 Å². The fourth-order valence-electron chi connectivity index (χ4n) is 4.62. The number of nitrogens with zero attached hydrogens (tertiary/aromatic N) is 5. The van der Waals surface area contributed by atoms with Crippen molar-refractivity contribution < 1.29 is 0 Å². The van der Waals surface area contributed by atoms with Gasteiger partial charge < -0.3 is 10.6 Å². The first kappa shape index (κ1) is 20.8. The summed E-state index contributed by atoms with van der Waals surface area (Å²) in [6, 6.07) is 12.3. The fraction of sp³-hybridized carbons (Fsp3) is 0.308. The average molecular weight is 454 g/mol. The Labute approximate surface area is 197 Å². The number of nitrogens with one attached hydrogen (secondary N) is 2. The molecule has 0 bridgehead atoms. The molecule has 8 nitrogen and oxygen atoms in total. The minimum Gasteiger partial charge on any atom is -0.324 e. The van der Waals surface area contributed by atoms with Crippen LogP contribution in [0.15, 0.2) is 60.0 Å². The molecule has 4 aromatic rings. The van der Waals surface area contributed by atoms with Gasteiger partial charge in [-0.2, -0.15) is 4.98 Å². The van der Waals surface area contributed by atoms with E-state index in [-0.39, 0.29) is 11.0 Å². The van der Waals surface area contributed by atoms with E-state index in [9.17, 15) is 4.79 Å². The Kier molecular flexibility index (Phi) is 4.84. The molecule has 34 heavy (non-hydrogen) atoms. The lowest BCUT2D eigenvalue weighted by Gasteiger charge is -2.18. The van der Waals surface area contributed by atoms with Gasteiger partial charge in [-0.3, -0.25) is 4.79 Å². The molecule has 0 saturated heterocycles. The molecule has 0 amide bonds. The third kappa shape index (κ3) is 3.51. The van der Waals surface area contributed by atoms with Crippen molar-refractivity contribution in [1.82, 2.24) is 29.6 Å². The average Bonchev–Trinajstić information content (AvgIpc) is 3.56. The summed E-state index contributed by atoms with van der Waals surface area (Å²) < 4.78 is 3.40. The normalized spacial score (nSPS) is 16.3. The molecular formula is C26H27N7O. The molecule has 1 aromatic carbocycles. The minimum atomic E-state index is -0.161. The molecule has 1 aliphatic heterocycles. The number of fused-ring (bicyclic) bond motifs is 2. The van der Waals surface area contributed by atoms with Gasteiger partial charge in [0.2, 0.25) is 5.95 Å². The van der Waals surface area contributed by atoms with E-state index in [0.29, 0.717) is 29.3 Å². The molecule has 2 N–H and O–H groups in total.